The van der Waals surface area contributed by atoms with Crippen molar-refractivity contribution in [3.05, 3.63) is 71.6 Å². The number of phenols is 1. The maximum absolute atomic E-state index is 15.0. The lowest BCUT2D eigenvalue weighted by molar-refractivity contribution is -0.312. The van der Waals surface area contributed by atoms with Gasteiger partial charge in [-0.05, 0) is 65.2 Å². The Balaban J connectivity index is 1.84. The van der Waals surface area contributed by atoms with E-state index in [0.29, 0.717) is 12.0 Å². The van der Waals surface area contributed by atoms with E-state index in [4.69, 9.17) is 19.9 Å². The van der Waals surface area contributed by atoms with E-state index in [1.165, 1.54) is 70.4 Å². The van der Waals surface area contributed by atoms with E-state index >= 15 is 0 Å². The van der Waals surface area contributed by atoms with Gasteiger partial charge in [0.15, 0.2) is 6.29 Å². The SMILES string of the molecule is C/C=C(/NC(=O)C[C@H](O)CCCCCCCCCCC)C(=O)N[C@@H]1C(=O)N[C@H]([C@@H](C)O)C(=O)N[C@H](Cc2ccc(O)cc2)C(=O)N/C(=C/C)C(=O)N[C@H](CCC(N)=O)C(=O)NCC(=O)N(C)[C@@H]([C@H](C)O[C@H]2O[C@H](CO)[C@@H](O)[C@H](O)[C@H]2O)C(=O)N[C@@H](Cc2cnc[nH]2)C(=O)O[C@@H]1C. The number of allylic oxidation sites excluding steroid dienone is 2. The van der Waals surface area contributed by atoms with Gasteiger partial charge in [-0.3, -0.25) is 47.9 Å². The molecule has 15 atom stereocenters. The number of rotatable bonds is 27. The minimum Gasteiger partial charge on any atom is -0.508 e. The normalized spacial score (nSPS) is 26.4. The minimum atomic E-state index is -2.10. The van der Waals surface area contributed by atoms with Crippen LogP contribution in [-0.4, -0.2) is 227 Å². The van der Waals surface area contributed by atoms with E-state index in [0.717, 1.165) is 76.5 Å². The molecule has 0 bridgehead atoms. The number of aliphatic hydroxyl groups is 6. The van der Waals surface area contributed by atoms with Crippen molar-refractivity contribution in [2.45, 2.75) is 229 Å². The molecule has 0 unspecified atom stereocenters. The maximum Gasteiger partial charge on any atom is 0.329 e. The van der Waals surface area contributed by atoms with E-state index in [-0.39, 0.29) is 17.9 Å². The highest BCUT2D eigenvalue weighted by Crippen LogP contribution is 2.25. The highest BCUT2D eigenvalue weighted by atomic mass is 16.7. The smallest absolute Gasteiger partial charge is 0.329 e. The quantitative estimate of drug-likeness (QED) is 0.0238. The molecular weight excluding hydrogens is 1260 g/mol. The van der Waals surface area contributed by atoms with Crippen LogP contribution in [0.1, 0.15) is 136 Å². The predicted molar refractivity (Wildman–Crippen MR) is 340 cm³/mol. The fourth-order valence-corrected chi connectivity index (χ4v) is 10.5. The van der Waals surface area contributed by atoms with Gasteiger partial charge < -0.3 is 108 Å². The number of carbonyl (C=O) groups excluding carboxylic acids is 11. The molecule has 2 aliphatic rings. The minimum absolute atomic E-state index is 0.167. The molecule has 4 rings (SSSR count). The average molecular weight is 1360 g/mol. The number of imidazole rings is 1. The van der Waals surface area contributed by atoms with Crippen molar-refractivity contribution in [2.24, 2.45) is 5.73 Å². The Kier molecular flexibility index (Phi) is 33.5. The molecule has 3 heterocycles. The molecule has 2 saturated heterocycles. The molecule has 10 amide bonds. The molecule has 33 heteroatoms. The van der Waals surface area contributed by atoms with Crippen molar-refractivity contribution in [1.29, 1.82) is 0 Å². The van der Waals surface area contributed by atoms with Crippen molar-refractivity contribution in [3.63, 3.8) is 0 Å². The van der Waals surface area contributed by atoms with Gasteiger partial charge in [-0.25, -0.2) is 9.78 Å². The van der Waals surface area contributed by atoms with Gasteiger partial charge in [0.2, 0.25) is 47.3 Å². The third-order valence-electron chi connectivity index (χ3n) is 16.1. The number of ether oxygens (including phenoxy) is 3. The number of esters is 1. The maximum atomic E-state index is 15.0. The summed E-state index contributed by atoms with van der Waals surface area (Å²) >= 11 is 0. The molecule has 0 aliphatic carbocycles. The summed E-state index contributed by atoms with van der Waals surface area (Å²) in [6, 6.07) is -6.02. The van der Waals surface area contributed by atoms with Crippen molar-refractivity contribution in [2.75, 3.05) is 20.2 Å². The second-order valence-corrected chi connectivity index (χ2v) is 23.7. The standard InChI is InChI=1S/C63H96N12O21/c1-8-11-12-13-14-15-16-17-18-19-39(79)28-47(81)68-40(9-2)57(88)74-50-34(5)94-62(93)44(27-37-29-65-32-67-37)72-61(92)51(35(6)95-63-54(85)53(84)52(83)45(31-76)96-63)75(7)48(82)30-66-55(86)42(24-25-46(64)80)70-56(87)41(10-3)69-58(89)43(26-36-20-22-38(78)23-21-36)71-59(90)49(33(4)77)73-60(50)91/h9-10,20-23,29,32-35,39,42-45,49-54,63,76-79,83-85H,8,11-19,24-28,30-31H2,1-7H3,(H2,64,80)(H,65,67)(H,66,86)(H,68,81)(H,69,89)(H,70,87)(H,71,90)(H,72,92)(H,73,91)(H,74,88)/b40-9+,41-10+/t33-,34-,35+,39-,42-,43-,44+,45-,49-,50+,51+,52-,53+,54-,63+/m1/s1. The number of aliphatic hydroxyl groups excluding tert-OH is 6. The Morgan fingerprint density at radius 3 is 2.05 bits per heavy atom. The third kappa shape index (κ3) is 25.3. The molecular formula is C63H96N12O21. The van der Waals surface area contributed by atoms with Crippen molar-refractivity contribution >= 4 is 65.0 Å². The average Bonchev–Trinajstić information content (AvgIpc) is 0.858. The summed E-state index contributed by atoms with van der Waals surface area (Å²) in [6.07, 6.45) is -3.89. The number of cyclic esters (lactones) is 1. The highest BCUT2D eigenvalue weighted by molar-refractivity contribution is 6.03. The van der Waals surface area contributed by atoms with Crippen LogP contribution in [0.25, 0.3) is 0 Å². The summed E-state index contributed by atoms with van der Waals surface area (Å²) in [7, 11) is 1.05. The van der Waals surface area contributed by atoms with Crippen molar-refractivity contribution in [1.82, 2.24) is 57.4 Å². The number of nitrogens with zero attached hydrogens (tertiary/aromatic N) is 2. The number of nitrogens with one attached hydrogen (secondary N) is 9. The van der Waals surface area contributed by atoms with Gasteiger partial charge in [0.1, 0.15) is 83.9 Å². The molecule has 0 spiro atoms. The number of primary amides is 1. The van der Waals surface area contributed by atoms with E-state index in [1.807, 2.05) is 0 Å². The second kappa shape index (κ2) is 40.2. The first-order chi connectivity index (χ1) is 45.5. The number of unbranched alkanes of at least 4 members (excludes halogenated alkanes) is 8. The van der Waals surface area contributed by atoms with E-state index in [1.54, 1.807) is 0 Å². The topological polar surface area (TPSA) is 511 Å². The summed E-state index contributed by atoms with van der Waals surface area (Å²) in [5.41, 5.74) is 4.89. The number of H-pyrrole nitrogens is 1. The molecule has 2 fully saturated rings. The molecule has 33 nitrogen and oxygen atoms in total. The van der Waals surface area contributed by atoms with Gasteiger partial charge in [0.05, 0.1) is 44.2 Å². The number of aromatic amines is 1. The first-order valence-corrected chi connectivity index (χ1v) is 32.1. The number of nitrogens with two attached hydrogens (primary N) is 1. The van der Waals surface area contributed by atoms with Crippen LogP contribution in [0.15, 0.2) is 60.3 Å². The lowest BCUT2D eigenvalue weighted by atomic mass is 9.99. The van der Waals surface area contributed by atoms with Crippen molar-refractivity contribution < 1.29 is 103 Å². The van der Waals surface area contributed by atoms with Crippen LogP contribution in [-0.2, 0) is 79.8 Å². The highest BCUT2D eigenvalue weighted by Gasteiger charge is 2.47. The van der Waals surface area contributed by atoms with E-state index in [9.17, 15) is 88.5 Å². The summed E-state index contributed by atoms with van der Waals surface area (Å²) in [5, 5.41) is 93.2. The molecule has 2 aromatic rings. The summed E-state index contributed by atoms with van der Waals surface area (Å²) in [6.45, 7) is 6.31. The Labute approximate surface area is 555 Å². The fourth-order valence-electron chi connectivity index (χ4n) is 10.5. The number of hydrogen-bond donors (Lipinski definition) is 17. The molecule has 0 radical (unpaired) electrons. The number of aromatic hydroxyl groups is 1. The van der Waals surface area contributed by atoms with Gasteiger partial charge in [-0.15, -0.1) is 0 Å². The van der Waals surface area contributed by atoms with Crippen LogP contribution in [0.3, 0.4) is 0 Å². The van der Waals surface area contributed by atoms with Crippen molar-refractivity contribution in [3.8, 4) is 5.75 Å². The Bertz CT molecular complexity index is 2980. The number of likely N-dealkylation sites (N-methyl/N-ethyl adjacent to an activating group) is 1. The zero-order valence-electron chi connectivity index (χ0n) is 55.1. The zero-order chi connectivity index (χ0) is 71.3. The molecule has 96 heavy (non-hydrogen) atoms. The predicted octanol–water partition coefficient (Wildman–Crippen LogP) is -3.22. The number of hydrogen-bond acceptors (Lipinski definition) is 22. The van der Waals surface area contributed by atoms with E-state index < -0.39 is 213 Å². The molecule has 18 N–H and O–H groups in total. The summed E-state index contributed by atoms with van der Waals surface area (Å²) in [5.74, 6) is -12.7. The molecule has 534 valence electrons. The number of benzene rings is 1. The first kappa shape index (κ1) is 80.0. The monoisotopic (exact) mass is 1360 g/mol. The number of carbonyl (C=O) groups is 11. The van der Waals surface area contributed by atoms with Crippen LogP contribution >= 0.6 is 0 Å². The van der Waals surface area contributed by atoms with Crippen LogP contribution in [0, 0.1) is 0 Å². The zero-order valence-corrected chi connectivity index (χ0v) is 55.1. The van der Waals surface area contributed by atoms with Gasteiger partial charge in [-0.2, -0.15) is 0 Å². The van der Waals surface area contributed by atoms with Gasteiger partial charge in [0.25, 0.3) is 11.8 Å². The molecule has 1 aromatic heterocycles. The number of amides is 10. The van der Waals surface area contributed by atoms with Crippen LogP contribution < -0.4 is 48.3 Å². The van der Waals surface area contributed by atoms with Crippen LogP contribution in [0.5, 0.6) is 5.75 Å². The molecule has 0 saturated carbocycles. The largest absolute Gasteiger partial charge is 0.508 e. The summed E-state index contributed by atoms with van der Waals surface area (Å²) in [4.78, 5) is 163. The number of phenolic OH excluding ortho intramolecular Hbond substituents is 1. The van der Waals surface area contributed by atoms with Gasteiger partial charge in [0, 0.05) is 38.2 Å². The summed E-state index contributed by atoms with van der Waals surface area (Å²) < 4.78 is 17.3. The molecule has 1 aromatic carbocycles. The Morgan fingerprint density at radius 2 is 1.46 bits per heavy atom. The van der Waals surface area contributed by atoms with E-state index in [2.05, 4.69) is 59.4 Å². The second-order valence-electron chi connectivity index (χ2n) is 23.7. The van der Waals surface area contributed by atoms with Crippen LogP contribution in [0.2, 0.25) is 0 Å². The number of aromatic nitrogens is 2. The Morgan fingerprint density at radius 1 is 0.812 bits per heavy atom. The fraction of sp³-hybridized carbons (Fsp3) is 0.619. The van der Waals surface area contributed by atoms with Gasteiger partial charge in [-0.1, -0.05) is 89.0 Å². The van der Waals surface area contributed by atoms with Crippen LogP contribution in [0.4, 0.5) is 0 Å². The first-order valence-electron chi connectivity index (χ1n) is 32.1. The lowest BCUT2D eigenvalue weighted by Crippen LogP contribution is -2.63. The van der Waals surface area contributed by atoms with Gasteiger partial charge >= 0.3 is 5.97 Å². The lowest BCUT2D eigenvalue weighted by Gasteiger charge is -2.42. The Hall–Kier alpha value is -8.44. The molecule has 2 aliphatic heterocycles. The third-order valence-corrected chi connectivity index (χ3v) is 16.1.